The molecular formula is C27H30N2O5S. The number of hydrogen-bond acceptors (Lipinski definition) is 6. The van der Waals surface area contributed by atoms with Gasteiger partial charge in [0.05, 0.1) is 41.6 Å². The molecule has 0 fully saturated rings. The Bertz CT molecular complexity index is 1180. The molecule has 35 heavy (non-hydrogen) atoms. The molecule has 0 saturated heterocycles. The number of nitrogens with one attached hydrogen (secondary N) is 1. The lowest BCUT2D eigenvalue weighted by Crippen LogP contribution is -2.42. The first-order valence-electron chi connectivity index (χ1n) is 11.2. The maximum Gasteiger partial charge on any atom is 0.203 e. The minimum atomic E-state index is -0.226. The minimum Gasteiger partial charge on any atom is -0.493 e. The third-order valence-corrected chi connectivity index (χ3v) is 6.50. The summed E-state index contributed by atoms with van der Waals surface area (Å²) in [7, 11) is 8.11. The second kappa shape index (κ2) is 10.7. The number of benzene rings is 3. The largest absolute Gasteiger partial charge is 0.493 e. The van der Waals surface area contributed by atoms with Crippen LogP contribution < -0.4 is 29.0 Å². The van der Waals surface area contributed by atoms with E-state index in [2.05, 4.69) is 10.2 Å². The fourth-order valence-corrected chi connectivity index (χ4v) is 4.81. The Morgan fingerprint density at radius 1 is 0.800 bits per heavy atom. The van der Waals surface area contributed by atoms with E-state index in [1.165, 1.54) is 5.56 Å². The van der Waals surface area contributed by atoms with Gasteiger partial charge in [0, 0.05) is 12.2 Å². The Balaban J connectivity index is 1.87. The molecular weight excluding hydrogens is 464 g/mol. The molecule has 1 aliphatic rings. The van der Waals surface area contributed by atoms with E-state index in [0.717, 1.165) is 23.2 Å². The zero-order valence-electron chi connectivity index (χ0n) is 20.6. The summed E-state index contributed by atoms with van der Waals surface area (Å²) in [6.45, 7) is 0.711. The number of para-hydroxylation sites is 1. The van der Waals surface area contributed by atoms with Crippen LogP contribution in [0.3, 0.4) is 0 Å². The van der Waals surface area contributed by atoms with Crippen molar-refractivity contribution in [1.29, 1.82) is 0 Å². The van der Waals surface area contributed by atoms with Crippen LogP contribution >= 0.6 is 12.2 Å². The monoisotopic (exact) mass is 494 g/mol. The van der Waals surface area contributed by atoms with Gasteiger partial charge in [-0.15, -0.1) is 0 Å². The summed E-state index contributed by atoms with van der Waals surface area (Å²) in [5.74, 6) is 3.06. The topological polar surface area (TPSA) is 61.4 Å². The van der Waals surface area contributed by atoms with Gasteiger partial charge in [0.15, 0.2) is 28.1 Å². The van der Waals surface area contributed by atoms with Gasteiger partial charge in [-0.05, 0) is 71.7 Å². The van der Waals surface area contributed by atoms with Crippen molar-refractivity contribution in [3.8, 4) is 28.7 Å². The van der Waals surface area contributed by atoms with Gasteiger partial charge in [-0.2, -0.15) is 0 Å². The average Bonchev–Trinajstić information content (AvgIpc) is 2.91. The Morgan fingerprint density at radius 3 is 1.97 bits per heavy atom. The van der Waals surface area contributed by atoms with Gasteiger partial charge in [-0.1, -0.05) is 18.2 Å². The number of hydrogen-bond donors (Lipinski definition) is 1. The van der Waals surface area contributed by atoms with E-state index >= 15 is 0 Å². The van der Waals surface area contributed by atoms with Gasteiger partial charge >= 0.3 is 0 Å². The molecule has 1 N–H and O–H groups in total. The quantitative estimate of drug-likeness (QED) is 0.457. The molecule has 3 aromatic rings. The molecule has 3 aromatic carbocycles. The normalized spacial score (nSPS) is 14.5. The summed E-state index contributed by atoms with van der Waals surface area (Å²) in [5, 5.41) is 4.01. The molecule has 0 unspecified atom stereocenters. The Morgan fingerprint density at radius 2 is 1.40 bits per heavy atom. The van der Waals surface area contributed by atoms with Crippen LogP contribution in [0.15, 0.2) is 54.6 Å². The summed E-state index contributed by atoms with van der Waals surface area (Å²) in [6.07, 6.45) is 0.799. The Hall–Kier alpha value is -3.65. The van der Waals surface area contributed by atoms with Gasteiger partial charge in [-0.25, -0.2) is 0 Å². The number of ether oxygens (including phenoxy) is 5. The summed E-state index contributed by atoms with van der Waals surface area (Å²) >= 11 is 5.91. The molecule has 0 bridgehead atoms. The number of nitrogens with zero attached hydrogens (tertiary/aromatic N) is 1. The van der Waals surface area contributed by atoms with Crippen LogP contribution in [0, 0.1) is 0 Å². The van der Waals surface area contributed by atoms with E-state index in [1.807, 2.05) is 54.6 Å². The van der Waals surface area contributed by atoms with Crippen LogP contribution in [0.5, 0.6) is 28.7 Å². The van der Waals surface area contributed by atoms with Crippen LogP contribution in [-0.2, 0) is 6.42 Å². The fourth-order valence-electron chi connectivity index (χ4n) is 4.50. The van der Waals surface area contributed by atoms with Crippen LogP contribution in [-0.4, -0.2) is 52.1 Å². The van der Waals surface area contributed by atoms with Gasteiger partial charge in [0.25, 0.3) is 0 Å². The van der Waals surface area contributed by atoms with E-state index in [0.29, 0.717) is 40.4 Å². The van der Waals surface area contributed by atoms with Crippen molar-refractivity contribution in [1.82, 2.24) is 4.90 Å². The predicted molar refractivity (Wildman–Crippen MR) is 141 cm³/mol. The molecule has 184 valence electrons. The van der Waals surface area contributed by atoms with E-state index in [1.54, 1.807) is 35.5 Å². The molecule has 4 rings (SSSR count). The fraction of sp³-hybridized carbons (Fsp3) is 0.296. The lowest BCUT2D eigenvalue weighted by Gasteiger charge is -2.40. The predicted octanol–water partition coefficient (Wildman–Crippen LogP) is 5.07. The van der Waals surface area contributed by atoms with Crippen LogP contribution in [0.4, 0.5) is 5.69 Å². The van der Waals surface area contributed by atoms with Gasteiger partial charge in [0.1, 0.15) is 0 Å². The zero-order valence-corrected chi connectivity index (χ0v) is 21.4. The average molecular weight is 495 g/mol. The highest BCUT2D eigenvalue weighted by Gasteiger charge is 2.33. The lowest BCUT2D eigenvalue weighted by molar-refractivity contribution is 0.314. The molecule has 8 heteroatoms. The van der Waals surface area contributed by atoms with Crippen molar-refractivity contribution < 1.29 is 23.7 Å². The number of anilines is 1. The second-order valence-corrected chi connectivity index (χ2v) is 8.39. The van der Waals surface area contributed by atoms with Crippen molar-refractivity contribution in [3.05, 3.63) is 71.3 Å². The Kier molecular flexibility index (Phi) is 7.51. The second-order valence-electron chi connectivity index (χ2n) is 8.01. The first-order valence-corrected chi connectivity index (χ1v) is 11.6. The smallest absolute Gasteiger partial charge is 0.203 e. The highest BCUT2D eigenvalue weighted by molar-refractivity contribution is 7.80. The number of rotatable bonds is 7. The van der Waals surface area contributed by atoms with Gasteiger partial charge < -0.3 is 33.9 Å². The summed E-state index contributed by atoms with van der Waals surface area (Å²) in [4.78, 5) is 2.18. The first kappa shape index (κ1) is 24.5. The zero-order chi connectivity index (χ0) is 24.9. The van der Waals surface area contributed by atoms with E-state index in [-0.39, 0.29) is 6.04 Å². The standard InChI is InChI=1S/C27H30N2O5S/c1-30-21-13-17-11-12-29(27(35)28-19-9-7-6-8-10-19)25(20(17)16-22(21)31-2)18-14-23(32-3)26(34-5)24(15-18)33-4/h6-10,13-16,25H,11-12H2,1-5H3,(H,28,35)/t25-/m1/s1. The lowest BCUT2D eigenvalue weighted by atomic mass is 9.87. The highest BCUT2D eigenvalue weighted by atomic mass is 32.1. The van der Waals surface area contributed by atoms with Crippen molar-refractivity contribution >= 4 is 23.0 Å². The van der Waals surface area contributed by atoms with Crippen LogP contribution in [0.2, 0.25) is 0 Å². The number of thiocarbonyl (C=S) groups is 1. The highest BCUT2D eigenvalue weighted by Crippen LogP contribution is 2.46. The third-order valence-electron chi connectivity index (χ3n) is 6.16. The molecule has 0 spiro atoms. The SMILES string of the molecule is COc1cc2c(cc1OC)[C@@H](c1cc(OC)c(OC)c(OC)c1)N(C(=S)Nc1ccccc1)CC2. The molecule has 0 aromatic heterocycles. The van der Waals surface area contributed by atoms with Crippen molar-refractivity contribution in [2.75, 3.05) is 47.4 Å². The maximum absolute atomic E-state index is 5.91. The van der Waals surface area contributed by atoms with Crippen molar-refractivity contribution in [3.63, 3.8) is 0 Å². The number of fused-ring (bicyclic) bond motifs is 1. The molecule has 7 nitrogen and oxygen atoms in total. The van der Waals surface area contributed by atoms with Crippen LogP contribution in [0.1, 0.15) is 22.7 Å². The molecule has 0 aliphatic carbocycles. The summed E-state index contributed by atoms with van der Waals surface area (Å²) < 4.78 is 28.1. The molecule has 0 saturated carbocycles. The number of methoxy groups -OCH3 is 5. The van der Waals surface area contributed by atoms with E-state index < -0.39 is 0 Å². The maximum atomic E-state index is 5.91. The third kappa shape index (κ3) is 4.79. The molecule has 1 aliphatic heterocycles. The summed E-state index contributed by atoms with van der Waals surface area (Å²) in [5.41, 5.74) is 4.12. The Labute approximate surface area is 211 Å². The van der Waals surface area contributed by atoms with Crippen molar-refractivity contribution in [2.45, 2.75) is 12.5 Å². The molecule has 1 heterocycles. The van der Waals surface area contributed by atoms with Gasteiger partial charge in [-0.3, -0.25) is 0 Å². The van der Waals surface area contributed by atoms with Crippen molar-refractivity contribution in [2.24, 2.45) is 0 Å². The first-order chi connectivity index (χ1) is 17.0. The van der Waals surface area contributed by atoms with E-state index in [4.69, 9.17) is 35.9 Å². The van der Waals surface area contributed by atoms with Gasteiger partial charge in [0.2, 0.25) is 5.75 Å². The van der Waals surface area contributed by atoms with E-state index in [9.17, 15) is 0 Å². The molecule has 1 atom stereocenters. The minimum absolute atomic E-state index is 0.226. The molecule has 0 radical (unpaired) electrons. The molecule has 0 amide bonds. The van der Waals surface area contributed by atoms with Crippen LogP contribution in [0.25, 0.3) is 0 Å². The summed E-state index contributed by atoms with van der Waals surface area (Å²) in [6, 6.07) is 17.7.